The van der Waals surface area contributed by atoms with Crippen LogP contribution in [0.15, 0.2) is 67.3 Å². The lowest BCUT2D eigenvalue weighted by atomic mass is 10.1. The van der Waals surface area contributed by atoms with Crippen LogP contribution < -0.4 is 16.2 Å². The Morgan fingerprint density at radius 1 is 1.07 bits per heavy atom. The van der Waals surface area contributed by atoms with Crippen molar-refractivity contribution in [3.8, 4) is 5.75 Å². The third kappa shape index (κ3) is 4.92. The molecule has 30 heavy (non-hydrogen) atoms. The van der Waals surface area contributed by atoms with Crippen molar-refractivity contribution in [1.29, 1.82) is 0 Å². The molecule has 6 nitrogen and oxygen atoms in total. The van der Waals surface area contributed by atoms with Crippen LogP contribution in [-0.4, -0.2) is 27.6 Å². The van der Waals surface area contributed by atoms with E-state index < -0.39 is 0 Å². The average Bonchev–Trinajstić information content (AvgIpc) is 3.19. The maximum atomic E-state index is 6.31. The minimum absolute atomic E-state index is 0.116. The molecule has 3 heterocycles. The van der Waals surface area contributed by atoms with E-state index in [1.54, 1.807) is 18.6 Å². The Kier molecular flexibility index (Phi) is 6.17. The van der Waals surface area contributed by atoms with E-state index in [0.717, 1.165) is 28.8 Å². The zero-order valence-electron chi connectivity index (χ0n) is 16.7. The zero-order chi connectivity index (χ0) is 20.8. The molecule has 0 bridgehead atoms. The summed E-state index contributed by atoms with van der Waals surface area (Å²) in [6.45, 7) is 0.837. The van der Waals surface area contributed by atoms with Crippen molar-refractivity contribution in [3.05, 3.63) is 89.6 Å². The van der Waals surface area contributed by atoms with Gasteiger partial charge in [0.25, 0.3) is 0 Å². The second-order valence-electron chi connectivity index (χ2n) is 7.21. The molecule has 5 N–H and O–H groups in total. The van der Waals surface area contributed by atoms with E-state index in [-0.39, 0.29) is 6.04 Å². The quantitative estimate of drug-likeness (QED) is 0.421. The number of fused-ring (bicyclic) bond motifs is 1. The van der Waals surface area contributed by atoms with E-state index in [4.69, 9.17) is 16.2 Å². The summed E-state index contributed by atoms with van der Waals surface area (Å²) in [7, 11) is 0. The van der Waals surface area contributed by atoms with Gasteiger partial charge in [-0.05, 0) is 47.4 Å². The maximum absolute atomic E-state index is 6.31. The van der Waals surface area contributed by atoms with Crippen LogP contribution in [0.3, 0.4) is 0 Å². The minimum atomic E-state index is -0.116. The lowest BCUT2D eigenvalue weighted by Crippen LogP contribution is -2.30. The van der Waals surface area contributed by atoms with Crippen LogP contribution in [0.25, 0.3) is 23.1 Å². The van der Waals surface area contributed by atoms with Gasteiger partial charge in [-0.15, -0.1) is 0 Å². The number of para-hydroxylation sites is 1. The summed E-state index contributed by atoms with van der Waals surface area (Å²) in [6.07, 6.45) is 12.0. The smallest absolute Gasteiger partial charge is 0.138 e. The molecule has 0 saturated heterocycles. The molecule has 6 heteroatoms. The summed E-state index contributed by atoms with van der Waals surface area (Å²) in [4.78, 5) is 11.8. The summed E-state index contributed by atoms with van der Waals surface area (Å²) in [5.41, 5.74) is 17.1. The highest BCUT2D eigenvalue weighted by molar-refractivity contribution is 5.83. The van der Waals surface area contributed by atoms with E-state index in [1.165, 1.54) is 10.9 Å². The van der Waals surface area contributed by atoms with Crippen molar-refractivity contribution in [2.24, 2.45) is 11.5 Å². The van der Waals surface area contributed by atoms with Gasteiger partial charge in [-0.2, -0.15) is 0 Å². The molecule has 0 fully saturated rings. The van der Waals surface area contributed by atoms with E-state index >= 15 is 0 Å². The standard InChI is InChI=1S/C24H25N5O/c25-12-21-9-17(7-8-28-21)5-6-18-10-22(15-27-13-18)30-16-20(26)11-19-14-29-24-4-2-1-3-23(19)24/h1-10,13-15,20,29H,11-12,16,25-26H2/b6-5+/t20-/m0/s1. The van der Waals surface area contributed by atoms with Gasteiger partial charge in [0.2, 0.25) is 0 Å². The fourth-order valence-electron chi connectivity index (χ4n) is 3.36. The third-order valence-electron chi connectivity index (χ3n) is 4.87. The molecule has 0 aliphatic rings. The van der Waals surface area contributed by atoms with E-state index in [9.17, 15) is 0 Å². The Bertz CT molecular complexity index is 1150. The van der Waals surface area contributed by atoms with E-state index in [1.807, 2.05) is 48.7 Å². The van der Waals surface area contributed by atoms with Crippen molar-refractivity contribution in [2.45, 2.75) is 19.0 Å². The Morgan fingerprint density at radius 3 is 2.83 bits per heavy atom. The number of pyridine rings is 2. The van der Waals surface area contributed by atoms with Crippen LogP contribution in [0, 0.1) is 0 Å². The second-order valence-corrected chi connectivity index (χ2v) is 7.21. The van der Waals surface area contributed by atoms with Crippen LogP contribution in [-0.2, 0) is 13.0 Å². The number of aromatic amines is 1. The minimum Gasteiger partial charge on any atom is -0.490 e. The maximum Gasteiger partial charge on any atom is 0.138 e. The van der Waals surface area contributed by atoms with Gasteiger partial charge in [0.15, 0.2) is 0 Å². The molecule has 152 valence electrons. The predicted octanol–water partition coefficient (Wildman–Crippen LogP) is 3.54. The van der Waals surface area contributed by atoms with Gasteiger partial charge in [0, 0.05) is 42.1 Å². The van der Waals surface area contributed by atoms with Crippen LogP contribution in [0.4, 0.5) is 0 Å². The number of nitrogens with two attached hydrogens (primary N) is 2. The molecule has 3 aromatic heterocycles. The largest absolute Gasteiger partial charge is 0.490 e. The summed E-state index contributed by atoms with van der Waals surface area (Å²) in [6, 6.07) is 14.0. The van der Waals surface area contributed by atoms with Crippen LogP contribution in [0.2, 0.25) is 0 Å². The molecule has 4 rings (SSSR count). The highest BCUT2D eigenvalue weighted by Crippen LogP contribution is 2.19. The number of hydrogen-bond donors (Lipinski definition) is 3. The monoisotopic (exact) mass is 399 g/mol. The Morgan fingerprint density at radius 2 is 1.93 bits per heavy atom. The number of H-pyrrole nitrogens is 1. The molecule has 0 saturated carbocycles. The van der Waals surface area contributed by atoms with E-state index in [0.29, 0.717) is 18.9 Å². The number of benzene rings is 1. The van der Waals surface area contributed by atoms with Crippen molar-refractivity contribution in [2.75, 3.05) is 6.61 Å². The lowest BCUT2D eigenvalue weighted by Gasteiger charge is -2.13. The Hall–Kier alpha value is -3.48. The first-order chi connectivity index (χ1) is 14.7. The van der Waals surface area contributed by atoms with Crippen molar-refractivity contribution >= 4 is 23.1 Å². The van der Waals surface area contributed by atoms with Crippen molar-refractivity contribution in [3.63, 3.8) is 0 Å². The molecule has 1 aromatic carbocycles. The number of aromatic nitrogens is 3. The van der Waals surface area contributed by atoms with Crippen LogP contribution in [0.1, 0.15) is 22.4 Å². The molecule has 0 amide bonds. The highest BCUT2D eigenvalue weighted by atomic mass is 16.5. The van der Waals surface area contributed by atoms with Gasteiger partial charge in [-0.25, -0.2) is 0 Å². The summed E-state index contributed by atoms with van der Waals surface area (Å²) < 4.78 is 5.90. The first-order valence-electron chi connectivity index (χ1n) is 9.93. The molecular formula is C24H25N5O. The lowest BCUT2D eigenvalue weighted by molar-refractivity contribution is 0.287. The Balaban J connectivity index is 1.36. The first kappa shape index (κ1) is 19.8. The zero-order valence-corrected chi connectivity index (χ0v) is 16.7. The molecular weight excluding hydrogens is 374 g/mol. The van der Waals surface area contributed by atoms with Gasteiger partial charge < -0.3 is 21.2 Å². The summed E-state index contributed by atoms with van der Waals surface area (Å²) in [5.74, 6) is 0.698. The van der Waals surface area contributed by atoms with Crippen molar-refractivity contribution < 1.29 is 4.74 Å². The van der Waals surface area contributed by atoms with Gasteiger partial charge in [-0.1, -0.05) is 30.4 Å². The molecule has 0 radical (unpaired) electrons. The molecule has 0 unspecified atom stereocenters. The Labute approximate surface area is 175 Å². The fraction of sp³-hybridized carbons (Fsp3) is 0.167. The van der Waals surface area contributed by atoms with Crippen LogP contribution >= 0.6 is 0 Å². The van der Waals surface area contributed by atoms with Gasteiger partial charge >= 0.3 is 0 Å². The van der Waals surface area contributed by atoms with Gasteiger partial charge in [0.1, 0.15) is 12.4 Å². The molecule has 0 spiro atoms. The SMILES string of the molecule is NCc1cc(/C=C/c2cncc(OC[C@@H](N)Cc3c[nH]c4ccccc34)c2)ccn1. The summed E-state index contributed by atoms with van der Waals surface area (Å²) >= 11 is 0. The average molecular weight is 399 g/mol. The predicted molar refractivity (Wildman–Crippen MR) is 121 cm³/mol. The van der Waals surface area contributed by atoms with Gasteiger partial charge in [-0.3, -0.25) is 9.97 Å². The fourth-order valence-corrected chi connectivity index (χ4v) is 3.36. The van der Waals surface area contributed by atoms with Crippen molar-refractivity contribution in [1.82, 2.24) is 15.0 Å². The van der Waals surface area contributed by atoms with E-state index in [2.05, 4.69) is 27.1 Å². The number of ether oxygens (including phenoxy) is 1. The molecule has 1 atom stereocenters. The second kappa shape index (κ2) is 9.35. The molecule has 0 aliphatic carbocycles. The number of hydrogen-bond acceptors (Lipinski definition) is 5. The topological polar surface area (TPSA) is 103 Å². The number of rotatable bonds is 8. The number of nitrogens with one attached hydrogen (secondary N) is 1. The molecule has 4 aromatic rings. The third-order valence-corrected chi connectivity index (χ3v) is 4.87. The normalized spacial score (nSPS) is 12.5. The first-order valence-corrected chi connectivity index (χ1v) is 9.93. The summed E-state index contributed by atoms with van der Waals surface area (Å²) in [5, 5.41) is 1.20. The highest BCUT2D eigenvalue weighted by Gasteiger charge is 2.10. The van der Waals surface area contributed by atoms with Crippen LogP contribution in [0.5, 0.6) is 5.75 Å². The molecule has 0 aliphatic heterocycles. The number of nitrogens with zero attached hydrogens (tertiary/aromatic N) is 2. The van der Waals surface area contributed by atoms with Gasteiger partial charge in [0.05, 0.1) is 11.9 Å².